The number of aliphatic imine (C=N–C) groups is 3. The van der Waals surface area contributed by atoms with Crippen LogP contribution in [-0.2, 0) is 60.8 Å². The number of nitrogens with one attached hydrogen (secondary N) is 7. The normalized spacial score (nSPS) is 17.7. The number of guanidine groups is 3. The van der Waals surface area contributed by atoms with Gasteiger partial charge in [0.05, 0.1) is 25.3 Å². The number of carbonyl (C=O) groups is 10. The van der Waals surface area contributed by atoms with Crippen molar-refractivity contribution in [2.45, 2.75) is 131 Å². The number of aliphatic hydroxyl groups excluding tert-OH is 2. The quantitative estimate of drug-likeness (QED) is 0.0132. The maximum atomic E-state index is 14.4. The molecule has 9 amide bonds. The smallest absolute Gasteiger partial charge is 0.326 e. The number of rotatable bonds is 35. The van der Waals surface area contributed by atoms with Crippen LogP contribution < -0.4 is 77.4 Å². The second-order valence-corrected chi connectivity index (χ2v) is 21.1. The van der Waals surface area contributed by atoms with Crippen LogP contribution in [0.2, 0.25) is 0 Å². The molecule has 2 heterocycles. The Morgan fingerprint density at radius 1 is 0.586 bits per heavy atom. The van der Waals surface area contributed by atoms with Crippen molar-refractivity contribution < 1.29 is 63.3 Å². The monoisotopic (exact) mass is 1240 g/mol. The molecule has 10 atom stereocenters. The summed E-state index contributed by atoms with van der Waals surface area (Å²) in [5.41, 5.74) is 39.6. The van der Waals surface area contributed by atoms with E-state index in [1.807, 2.05) is 0 Å². The molecule has 2 fully saturated rings. The highest BCUT2D eigenvalue weighted by Gasteiger charge is 2.46. The third-order valence-corrected chi connectivity index (χ3v) is 14.4. The van der Waals surface area contributed by atoms with Gasteiger partial charge < -0.3 is 102 Å². The number of likely N-dealkylation sites (tertiary alicyclic amines) is 2. The predicted octanol–water partition coefficient (Wildman–Crippen LogP) is -7.06. The van der Waals surface area contributed by atoms with Crippen molar-refractivity contribution in [1.82, 2.24) is 47.0 Å². The number of hydrogen-bond acceptors (Lipinski definition) is 17. The van der Waals surface area contributed by atoms with Crippen LogP contribution in [0, 0.1) is 0 Å². The second-order valence-electron chi connectivity index (χ2n) is 20.8. The Hall–Kier alpha value is -8.82. The Morgan fingerprint density at radius 2 is 1.05 bits per heavy atom. The van der Waals surface area contributed by atoms with Crippen molar-refractivity contribution in [3.05, 3.63) is 71.8 Å². The average Bonchev–Trinajstić information content (AvgIpc) is 1.81. The highest BCUT2D eigenvalue weighted by atomic mass is 32.1. The molecule has 0 aromatic heterocycles. The summed E-state index contributed by atoms with van der Waals surface area (Å²) in [4.78, 5) is 151. The van der Waals surface area contributed by atoms with Gasteiger partial charge in [-0.05, 0) is 62.5 Å². The largest absolute Gasteiger partial charge is 0.480 e. The summed E-state index contributed by atoms with van der Waals surface area (Å²) in [6.07, 6.45) is -0.197. The first kappa shape index (κ1) is 70.7. The Morgan fingerprint density at radius 3 is 1.56 bits per heavy atom. The Labute approximate surface area is 507 Å². The molecule has 24 N–H and O–H groups in total. The fraction of sp³-hybridized carbons (Fsp3) is 0.537. The molecule has 0 saturated carbocycles. The molecular formula is C54H83N19O13S. The van der Waals surface area contributed by atoms with Crippen LogP contribution in [0.4, 0.5) is 0 Å². The summed E-state index contributed by atoms with van der Waals surface area (Å²) in [6, 6.07) is 4.68. The maximum absolute atomic E-state index is 14.4. The molecule has 87 heavy (non-hydrogen) atoms. The zero-order valence-corrected chi connectivity index (χ0v) is 49.0. The van der Waals surface area contributed by atoms with Crippen molar-refractivity contribution in [3.8, 4) is 0 Å². The minimum Gasteiger partial charge on any atom is -0.480 e. The van der Waals surface area contributed by atoms with Crippen molar-refractivity contribution in [1.29, 1.82) is 0 Å². The number of nitrogens with two attached hydrogens (primary N) is 7. The third kappa shape index (κ3) is 23.9. The lowest BCUT2D eigenvalue weighted by molar-refractivity contribution is -0.148. The number of benzene rings is 2. The highest BCUT2D eigenvalue weighted by Crippen LogP contribution is 2.27. The Bertz CT molecular complexity index is 2750. The number of carboxylic acid groups (broad SMARTS) is 1. The number of carboxylic acids is 1. The molecule has 478 valence electrons. The molecule has 0 bridgehead atoms. The molecule has 2 saturated heterocycles. The molecule has 2 aliphatic heterocycles. The van der Waals surface area contributed by atoms with Gasteiger partial charge in [0.2, 0.25) is 53.2 Å². The second kappa shape index (κ2) is 36.2. The van der Waals surface area contributed by atoms with E-state index in [1.165, 1.54) is 4.90 Å². The number of amides is 9. The lowest BCUT2D eigenvalue weighted by Gasteiger charge is -2.33. The van der Waals surface area contributed by atoms with E-state index in [-0.39, 0.29) is 114 Å². The standard InChI is InChI=1S/C54H83N19O13S/c55-33(15-7-19-62-52(56)57)43(77)67-34(16-8-20-63-53(58)59)49(83)72-22-10-18-40(72)50(84)73-27-32(75)25-41(73)48(82)65-26-42(76)66-36(23-30-11-3-1-4-12-30)44(78)70-38(28-74)46(80)69-37(24-31-13-5-2-6-14-31)45(79)71-39(29-87)47(81)68-35(51(85)86)17-9-21-64-54(60)61/h1-6,11-14,32-41,74-75,87H,7-10,15-29,55H2,(H,65,82)(H,66,76)(H,67,77)(H,68,81)(H,69,80)(H,70,78)(H,71,79)(H,85,86)(H4,56,57,62)(H4,58,59,63)(H4,60,61,64)/t32-,33-,34+,35+,36+,37-,38+,39+,40+,41+/m1/s1. The molecule has 2 aliphatic rings. The van der Waals surface area contributed by atoms with Crippen molar-refractivity contribution in [2.24, 2.45) is 55.1 Å². The van der Waals surface area contributed by atoms with Gasteiger partial charge in [0.15, 0.2) is 17.9 Å². The van der Waals surface area contributed by atoms with E-state index in [9.17, 15) is 63.3 Å². The molecule has 0 unspecified atom stereocenters. The van der Waals surface area contributed by atoms with E-state index < -0.39 is 133 Å². The molecule has 33 heteroatoms. The topological polar surface area (TPSA) is 541 Å². The first-order valence-electron chi connectivity index (χ1n) is 28.2. The van der Waals surface area contributed by atoms with Gasteiger partial charge in [0, 0.05) is 57.7 Å². The van der Waals surface area contributed by atoms with Gasteiger partial charge in [-0.2, -0.15) is 12.6 Å². The Balaban J connectivity index is 1.45. The predicted molar refractivity (Wildman–Crippen MR) is 322 cm³/mol. The summed E-state index contributed by atoms with van der Waals surface area (Å²) in [7, 11) is 0. The number of β-amino-alcohol motifs (C(OH)–C–C–N with tert-alkyl or cyclic N) is 1. The molecule has 32 nitrogen and oxygen atoms in total. The van der Waals surface area contributed by atoms with E-state index in [0.29, 0.717) is 24.0 Å². The number of aliphatic hydroxyl groups is 2. The highest BCUT2D eigenvalue weighted by molar-refractivity contribution is 7.80. The average molecular weight is 1240 g/mol. The number of thiol groups is 1. The molecule has 4 rings (SSSR count). The summed E-state index contributed by atoms with van der Waals surface area (Å²) < 4.78 is 0. The van der Waals surface area contributed by atoms with E-state index in [1.54, 1.807) is 60.7 Å². The van der Waals surface area contributed by atoms with Crippen LogP contribution in [-0.4, -0.2) is 214 Å². The van der Waals surface area contributed by atoms with Gasteiger partial charge >= 0.3 is 5.97 Å². The van der Waals surface area contributed by atoms with Gasteiger partial charge in [-0.25, -0.2) is 4.79 Å². The van der Waals surface area contributed by atoms with E-state index in [2.05, 4.69) is 64.8 Å². The minimum absolute atomic E-state index is 0.0606. The fourth-order valence-electron chi connectivity index (χ4n) is 9.56. The zero-order valence-electron chi connectivity index (χ0n) is 48.1. The molecule has 2 aromatic rings. The van der Waals surface area contributed by atoms with Gasteiger partial charge in [0.25, 0.3) is 0 Å². The Kier molecular flexibility index (Phi) is 29.4. The van der Waals surface area contributed by atoms with Crippen molar-refractivity contribution >= 4 is 89.6 Å². The van der Waals surface area contributed by atoms with Crippen LogP contribution in [0.5, 0.6) is 0 Å². The van der Waals surface area contributed by atoms with Gasteiger partial charge in [-0.1, -0.05) is 60.7 Å². The van der Waals surface area contributed by atoms with Crippen LogP contribution in [0.15, 0.2) is 75.6 Å². The lowest BCUT2D eigenvalue weighted by Crippen LogP contribution is -2.60. The van der Waals surface area contributed by atoms with Crippen LogP contribution in [0.25, 0.3) is 0 Å². The van der Waals surface area contributed by atoms with Crippen LogP contribution in [0.3, 0.4) is 0 Å². The van der Waals surface area contributed by atoms with Gasteiger partial charge in [0.1, 0.15) is 48.3 Å². The third-order valence-electron chi connectivity index (χ3n) is 14.0. The molecule has 2 aromatic carbocycles. The van der Waals surface area contributed by atoms with Crippen molar-refractivity contribution in [2.75, 3.05) is 51.6 Å². The molecule has 0 aliphatic carbocycles. The van der Waals surface area contributed by atoms with E-state index in [4.69, 9.17) is 40.1 Å². The summed E-state index contributed by atoms with van der Waals surface area (Å²) in [5, 5.41) is 48.5. The lowest BCUT2D eigenvalue weighted by atomic mass is 10.0. The zero-order chi connectivity index (χ0) is 64.2. The van der Waals surface area contributed by atoms with E-state index in [0.717, 1.165) is 4.90 Å². The number of hydrogen-bond donors (Lipinski definition) is 18. The first-order valence-corrected chi connectivity index (χ1v) is 28.9. The maximum Gasteiger partial charge on any atom is 0.326 e. The summed E-state index contributed by atoms with van der Waals surface area (Å²) in [5.74, 6) is -9.67. The van der Waals surface area contributed by atoms with Gasteiger partial charge in [-0.15, -0.1) is 0 Å². The van der Waals surface area contributed by atoms with Crippen LogP contribution >= 0.6 is 12.6 Å². The molecule has 0 spiro atoms. The molecular weight excluding hydrogens is 1150 g/mol. The van der Waals surface area contributed by atoms with Crippen LogP contribution in [0.1, 0.15) is 68.9 Å². The number of carbonyl (C=O) groups excluding carboxylic acids is 9. The van der Waals surface area contributed by atoms with E-state index >= 15 is 0 Å². The number of aliphatic carboxylic acids is 1. The number of nitrogens with zero attached hydrogens (tertiary/aromatic N) is 5. The van der Waals surface area contributed by atoms with Gasteiger partial charge in [-0.3, -0.25) is 58.1 Å². The molecule has 0 radical (unpaired) electrons. The first-order chi connectivity index (χ1) is 41.4. The summed E-state index contributed by atoms with van der Waals surface area (Å²) in [6.45, 7) is -1.51. The van der Waals surface area contributed by atoms with Crippen molar-refractivity contribution in [3.63, 3.8) is 0 Å². The fourth-order valence-corrected chi connectivity index (χ4v) is 9.82. The summed E-state index contributed by atoms with van der Waals surface area (Å²) >= 11 is 4.19. The minimum atomic E-state index is -1.74. The SMILES string of the molecule is NC(N)=NCCC[C@@H](N)C(=O)N[C@@H](CCCN=C(N)N)C(=O)N1CCC[C@H]1C(=O)N1C[C@H](O)C[C@H]1C(=O)NCC(=O)N[C@@H](Cc1ccccc1)C(=O)N[C@@H](CO)C(=O)N[C@H](Cc1ccccc1)C(=O)N[C@@H](CS)C(=O)N[C@@H](CCCN=C(N)N)C(=O)O.